The highest BCUT2D eigenvalue weighted by atomic mass is 32.2. The third-order valence-electron chi connectivity index (χ3n) is 2.84. The van der Waals surface area contributed by atoms with Gasteiger partial charge in [-0.1, -0.05) is 12.1 Å². The van der Waals surface area contributed by atoms with Crippen molar-refractivity contribution in [3.05, 3.63) is 45.9 Å². The minimum Gasteiger partial charge on any atom is -0.378 e. The van der Waals surface area contributed by atoms with E-state index in [0.717, 1.165) is 16.3 Å². The Morgan fingerprint density at radius 2 is 2.19 bits per heavy atom. The average molecular weight is 326 g/mol. The molecule has 0 amide bonds. The lowest BCUT2D eigenvalue weighted by atomic mass is 10.2. The second kappa shape index (κ2) is 7.13. The van der Waals surface area contributed by atoms with Crippen LogP contribution in [0.25, 0.3) is 0 Å². The Morgan fingerprint density at radius 3 is 2.90 bits per heavy atom. The van der Waals surface area contributed by atoms with Gasteiger partial charge in [0.15, 0.2) is 0 Å². The van der Waals surface area contributed by atoms with Gasteiger partial charge in [-0.3, -0.25) is 0 Å². The van der Waals surface area contributed by atoms with Gasteiger partial charge < -0.3 is 4.74 Å². The minimum absolute atomic E-state index is 0.292. The van der Waals surface area contributed by atoms with E-state index in [1.807, 2.05) is 18.4 Å². The molecule has 1 aromatic carbocycles. The minimum atomic E-state index is -3.46. The molecule has 0 saturated heterocycles. The number of aryl methyl sites for hydroxylation is 1. The summed E-state index contributed by atoms with van der Waals surface area (Å²) in [6, 6.07) is 6.85. The van der Waals surface area contributed by atoms with Gasteiger partial charge in [-0.25, -0.2) is 18.1 Å². The molecule has 0 unspecified atom stereocenters. The Kier molecular flexibility index (Phi) is 5.46. The summed E-state index contributed by atoms with van der Waals surface area (Å²) in [4.78, 5) is 4.66. The molecular weight excluding hydrogens is 308 g/mol. The highest BCUT2D eigenvalue weighted by Gasteiger charge is 2.13. The molecular formula is C14H18N2O3S2. The number of nitrogens with one attached hydrogen (secondary N) is 1. The van der Waals surface area contributed by atoms with E-state index in [4.69, 9.17) is 4.74 Å². The quantitative estimate of drug-likeness (QED) is 0.846. The van der Waals surface area contributed by atoms with Crippen LogP contribution in [0.1, 0.15) is 16.3 Å². The molecule has 0 atom stereocenters. The van der Waals surface area contributed by atoms with Crippen LogP contribution in [0, 0.1) is 6.92 Å². The van der Waals surface area contributed by atoms with Gasteiger partial charge in [0, 0.05) is 25.5 Å². The number of benzene rings is 1. The Hall–Kier alpha value is -1.28. The summed E-state index contributed by atoms with van der Waals surface area (Å²) in [7, 11) is -1.83. The molecule has 0 saturated carbocycles. The smallest absolute Gasteiger partial charge is 0.240 e. The van der Waals surface area contributed by atoms with Crippen LogP contribution in [-0.2, 0) is 27.8 Å². The Balaban J connectivity index is 1.92. The van der Waals surface area contributed by atoms with Crippen molar-refractivity contribution in [2.24, 2.45) is 0 Å². The van der Waals surface area contributed by atoms with Crippen LogP contribution < -0.4 is 4.72 Å². The number of rotatable bonds is 7. The molecule has 0 spiro atoms. The molecule has 1 N–H and O–H groups in total. The van der Waals surface area contributed by atoms with Crippen LogP contribution in [0.4, 0.5) is 0 Å². The monoisotopic (exact) mass is 326 g/mol. The van der Waals surface area contributed by atoms with E-state index in [2.05, 4.69) is 9.71 Å². The number of aromatic nitrogens is 1. The first kappa shape index (κ1) is 16.1. The first-order valence-corrected chi connectivity index (χ1v) is 8.86. The van der Waals surface area contributed by atoms with E-state index in [-0.39, 0.29) is 0 Å². The fourth-order valence-corrected chi connectivity index (χ4v) is 3.77. The van der Waals surface area contributed by atoms with Crippen LogP contribution in [0.2, 0.25) is 0 Å². The van der Waals surface area contributed by atoms with Gasteiger partial charge in [0.2, 0.25) is 10.0 Å². The summed E-state index contributed by atoms with van der Waals surface area (Å²) in [5.74, 6) is 0. The van der Waals surface area contributed by atoms with E-state index >= 15 is 0 Å². The highest BCUT2D eigenvalue weighted by molar-refractivity contribution is 7.89. The van der Waals surface area contributed by atoms with Crippen LogP contribution >= 0.6 is 11.3 Å². The molecule has 2 rings (SSSR count). The maximum absolute atomic E-state index is 12.1. The van der Waals surface area contributed by atoms with Crippen LogP contribution in [0.5, 0.6) is 0 Å². The van der Waals surface area contributed by atoms with Gasteiger partial charge in [-0.15, -0.1) is 11.3 Å². The lowest BCUT2D eigenvalue weighted by molar-refractivity contribution is 0.184. The molecule has 7 heteroatoms. The molecule has 0 aliphatic heterocycles. The van der Waals surface area contributed by atoms with Crippen molar-refractivity contribution < 1.29 is 13.2 Å². The Bertz CT molecular complexity index is 696. The molecule has 0 aliphatic carbocycles. The van der Waals surface area contributed by atoms with Gasteiger partial charge in [0.05, 0.1) is 17.2 Å². The maximum Gasteiger partial charge on any atom is 0.240 e. The molecule has 21 heavy (non-hydrogen) atoms. The molecule has 114 valence electrons. The number of hydrogen-bond donors (Lipinski definition) is 1. The standard InChI is InChI=1S/C14H18N2O3S2/c1-11-4-3-5-13(8-11)21(17,18)15-7-6-12-10-20-14(16-12)9-19-2/h3-5,8,10,15H,6-7,9H2,1-2H3. The van der Waals surface area contributed by atoms with Crippen molar-refractivity contribution in [2.45, 2.75) is 24.8 Å². The molecule has 0 fully saturated rings. The Morgan fingerprint density at radius 1 is 1.38 bits per heavy atom. The molecule has 1 aromatic heterocycles. The zero-order chi connectivity index (χ0) is 15.3. The van der Waals surface area contributed by atoms with Crippen LogP contribution in [0.15, 0.2) is 34.5 Å². The summed E-state index contributed by atoms with van der Waals surface area (Å²) in [5, 5.41) is 2.82. The molecule has 0 aliphatic rings. The zero-order valence-electron chi connectivity index (χ0n) is 12.0. The van der Waals surface area contributed by atoms with Crippen LogP contribution in [0.3, 0.4) is 0 Å². The van der Waals surface area contributed by atoms with E-state index in [1.54, 1.807) is 25.3 Å². The van der Waals surface area contributed by atoms with E-state index < -0.39 is 10.0 Å². The SMILES string of the molecule is COCc1nc(CCNS(=O)(=O)c2cccc(C)c2)cs1. The predicted molar refractivity (Wildman–Crippen MR) is 82.9 cm³/mol. The number of methoxy groups -OCH3 is 1. The van der Waals surface area contributed by atoms with Crippen molar-refractivity contribution >= 4 is 21.4 Å². The summed E-state index contributed by atoms with van der Waals surface area (Å²) in [5.41, 5.74) is 1.79. The summed E-state index contributed by atoms with van der Waals surface area (Å²) >= 11 is 1.52. The maximum atomic E-state index is 12.1. The van der Waals surface area contributed by atoms with Gasteiger partial charge in [0.25, 0.3) is 0 Å². The van der Waals surface area contributed by atoms with Crippen LogP contribution in [-0.4, -0.2) is 27.1 Å². The largest absolute Gasteiger partial charge is 0.378 e. The first-order valence-electron chi connectivity index (χ1n) is 6.50. The van der Waals surface area contributed by atoms with Crippen molar-refractivity contribution in [3.63, 3.8) is 0 Å². The number of hydrogen-bond acceptors (Lipinski definition) is 5. The third-order valence-corrected chi connectivity index (χ3v) is 5.17. The molecule has 0 radical (unpaired) electrons. The highest BCUT2D eigenvalue weighted by Crippen LogP contribution is 2.12. The number of ether oxygens (including phenoxy) is 1. The zero-order valence-corrected chi connectivity index (χ0v) is 13.6. The lowest BCUT2D eigenvalue weighted by Gasteiger charge is -2.06. The summed E-state index contributed by atoms with van der Waals surface area (Å²) in [6.07, 6.45) is 0.561. The van der Waals surface area contributed by atoms with Crippen molar-refractivity contribution in [1.82, 2.24) is 9.71 Å². The molecule has 5 nitrogen and oxygen atoms in total. The van der Waals surface area contributed by atoms with E-state index in [0.29, 0.717) is 24.5 Å². The number of nitrogens with zero attached hydrogens (tertiary/aromatic N) is 1. The second-order valence-electron chi connectivity index (χ2n) is 4.63. The second-order valence-corrected chi connectivity index (χ2v) is 7.34. The van der Waals surface area contributed by atoms with Gasteiger partial charge >= 0.3 is 0 Å². The van der Waals surface area contributed by atoms with Crippen molar-refractivity contribution in [1.29, 1.82) is 0 Å². The molecule has 1 heterocycles. The van der Waals surface area contributed by atoms with Gasteiger partial charge in [-0.05, 0) is 24.6 Å². The normalized spacial score (nSPS) is 11.7. The average Bonchev–Trinajstić information content (AvgIpc) is 2.87. The summed E-state index contributed by atoms with van der Waals surface area (Å²) in [6.45, 7) is 2.68. The molecule has 0 bridgehead atoms. The van der Waals surface area contributed by atoms with E-state index in [9.17, 15) is 8.42 Å². The van der Waals surface area contributed by atoms with Crippen molar-refractivity contribution in [3.8, 4) is 0 Å². The summed E-state index contributed by atoms with van der Waals surface area (Å²) < 4.78 is 31.9. The van der Waals surface area contributed by atoms with Gasteiger partial charge in [0.1, 0.15) is 5.01 Å². The topological polar surface area (TPSA) is 68.3 Å². The predicted octanol–water partition coefficient (Wildman–Crippen LogP) is 2.12. The Labute approximate surface area is 129 Å². The fraction of sp³-hybridized carbons (Fsp3) is 0.357. The van der Waals surface area contributed by atoms with E-state index in [1.165, 1.54) is 11.3 Å². The van der Waals surface area contributed by atoms with Gasteiger partial charge in [-0.2, -0.15) is 0 Å². The first-order chi connectivity index (χ1) is 10.0. The number of thiazole rings is 1. The lowest BCUT2D eigenvalue weighted by Crippen LogP contribution is -2.26. The number of sulfonamides is 1. The molecule has 2 aromatic rings. The van der Waals surface area contributed by atoms with Crippen molar-refractivity contribution in [2.75, 3.05) is 13.7 Å². The fourth-order valence-electron chi connectivity index (χ4n) is 1.83. The third kappa shape index (κ3) is 4.60.